The zero-order valence-corrected chi connectivity index (χ0v) is 19.1. The van der Waals surface area contributed by atoms with Gasteiger partial charge < -0.3 is 10.1 Å². The van der Waals surface area contributed by atoms with Crippen molar-refractivity contribution in [1.29, 1.82) is 0 Å². The number of pyridine rings is 1. The van der Waals surface area contributed by atoms with Crippen LogP contribution in [0.5, 0.6) is 0 Å². The lowest BCUT2D eigenvalue weighted by Crippen LogP contribution is -2.29. The van der Waals surface area contributed by atoms with E-state index in [1.165, 1.54) is 35.1 Å². The molecule has 1 aliphatic heterocycles. The van der Waals surface area contributed by atoms with Crippen molar-refractivity contribution in [2.75, 3.05) is 18.5 Å². The Morgan fingerprint density at radius 3 is 2.76 bits per heavy atom. The molecule has 0 bridgehead atoms. The fraction of sp³-hybridized carbons (Fsp3) is 0.227. The third kappa shape index (κ3) is 5.29. The predicted molar refractivity (Wildman–Crippen MR) is 123 cm³/mol. The molecule has 12 heteroatoms. The van der Waals surface area contributed by atoms with E-state index in [-0.39, 0.29) is 16.1 Å². The van der Waals surface area contributed by atoms with E-state index in [0.717, 1.165) is 6.42 Å². The van der Waals surface area contributed by atoms with Gasteiger partial charge in [-0.15, -0.1) is 0 Å². The van der Waals surface area contributed by atoms with E-state index in [2.05, 4.69) is 25.1 Å². The van der Waals surface area contributed by atoms with E-state index in [1.807, 2.05) is 0 Å². The van der Waals surface area contributed by atoms with Crippen LogP contribution in [-0.2, 0) is 19.6 Å². The van der Waals surface area contributed by atoms with E-state index in [1.54, 1.807) is 31.3 Å². The number of esters is 1. The molecule has 0 spiro atoms. The van der Waals surface area contributed by atoms with Crippen molar-refractivity contribution in [1.82, 2.24) is 19.5 Å². The van der Waals surface area contributed by atoms with Crippen LogP contribution < -0.4 is 10.0 Å². The van der Waals surface area contributed by atoms with Crippen molar-refractivity contribution in [3.8, 4) is 5.82 Å². The third-order valence-corrected chi connectivity index (χ3v) is 6.36. The number of aliphatic imine (C=N–C) groups is 1. The molecule has 0 saturated carbocycles. The molecular formula is C22H22N6O5S. The van der Waals surface area contributed by atoms with Crippen LogP contribution in [0.3, 0.4) is 0 Å². The molecule has 2 N–H and O–H groups in total. The topological polar surface area (TPSA) is 145 Å². The Labute approximate surface area is 195 Å². The Bertz CT molecular complexity index is 1350. The lowest BCUT2D eigenvalue weighted by molar-refractivity contribution is -0.119. The van der Waals surface area contributed by atoms with Crippen molar-refractivity contribution in [2.24, 2.45) is 4.99 Å². The number of hydrogen-bond acceptors (Lipinski definition) is 8. The molecule has 0 unspecified atom stereocenters. The summed E-state index contributed by atoms with van der Waals surface area (Å²) in [4.78, 5) is 33.0. The second-order valence-corrected chi connectivity index (χ2v) is 9.12. The highest BCUT2D eigenvalue weighted by Crippen LogP contribution is 2.17. The van der Waals surface area contributed by atoms with Crippen LogP contribution in [0.25, 0.3) is 5.82 Å². The van der Waals surface area contributed by atoms with Crippen LogP contribution >= 0.6 is 0 Å². The van der Waals surface area contributed by atoms with Gasteiger partial charge in [0.2, 0.25) is 0 Å². The first-order chi connectivity index (χ1) is 16.3. The van der Waals surface area contributed by atoms with Crippen molar-refractivity contribution in [3.63, 3.8) is 0 Å². The third-order valence-electron chi connectivity index (χ3n) is 4.98. The highest BCUT2D eigenvalue weighted by Gasteiger charge is 2.20. The molecule has 1 aliphatic rings. The number of amides is 1. The van der Waals surface area contributed by atoms with E-state index < -0.39 is 28.5 Å². The fourth-order valence-corrected chi connectivity index (χ4v) is 4.44. The van der Waals surface area contributed by atoms with Crippen LogP contribution in [0.2, 0.25) is 0 Å². The van der Waals surface area contributed by atoms with Gasteiger partial charge in [-0.2, -0.15) is 5.10 Å². The molecule has 4 rings (SSSR count). The average Bonchev–Trinajstić information content (AvgIpc) is 3.47. The Kier molecular flexibility index (Phi) is 6.68. The first-order valence-corrected chi connectivity index (χ1v) is 11.9. The van der Waals surface area contributed by atoms with Crippen LogP contribution in [0.4, 0.5) is 5.69 Å². The standard InChI is InChI=1S/C22H22N6O5S/c1-15-18(13-25-28(15)20-9-2-3-10-24-20)22(30)33-14-21(29)26-16-6-4-7-17(12-16)34(31,32)27-19-8-5-11-23-19/h2-4,6-7,9-10,12-13H,5,8,11,14H2,1H3,(H,23,27)(H,26,29). The number of rotatable bonds is 7. The summed E-state index contributed by atoms with van der Waals surface area (Å²) in [6.45, 7) is 1.73. The van der Waals surface area contributed by atoms with Crippen molar-refractivity contribution >= 4 is 33.4 Å². The number of hydrogen-bond donors (Lipinski definition) is 2. The molecule has 0 saturated heterocycles. The Morgan fingerprint density at radius 2 is 2.03 bits per heavy atom. The number of aromatic nitrogens is 3. The highest BCUT2D eigenvalue weighted by atomic mass is 32.2. The number of sulfonamides is 1. The molecular weight excluding hydrogens is 460 g/mol. The molecule has 2 aromatic heterocycles. The van der Waals surface area contributed by atoms with Gasteiger partial charge in [0.05, 0.1) is 16.8 Å². The summed E-state index contributed by atoms with van der Waals surface area (Å²) in [6.07, 6.45) is 4.33. The minimum Gasteiger partial charge on any atom is -0.452 e. The monoisotopic (exact) mass is 482 g/mol. The van der Waals surface area contributed by atoms with Crippen LogP contribution in [-0.4, -0.2) is 54.0 Å². The molecule has 176 valence electrons. The molecule has 11 nitrogen and oxygen atoms in total. The zero-order chi connectivity index (χ0) is 24.1. The van der Waals surface area contributed by atoms with Crippen LogP contribution in [0.1, 0.15) is 28.9 Å². The van der Waals surface area contributed by atoms with Gasteiger partial charge in [0.25, 0.3) is 15.9 Å². The Morgan fingerprint density at radius 1 is 1.18 bits per heavy atom. The van der Waals surface area contributed by atoms with Crippen molar-refractivity contribution in [2.45, 2.75) is 24.7 Å². The van der Waals surface area contributed by atoms with Crippen molar-refractivity contribution < 1.29 is 22.7 Å². The van der Waals surface area contributed by atoms with Gasteiger partial charge in [-0.05, 0) is 43.7 Å². The van der Waals surface area contributed by atoms with E-state index in [0.29, 0.717) is 30.3 Å². The maximum atomic E-state index is 12.5. The number of carbonyl (C=O) groups is 2. The average molecular weight is 483 g/mol. The van der Waals surface area contributed by atoms with Crippen LogP contribution in [0.15, 0.2) is 64.7 Å². The normalized spacial score (nSPS) is 13.3. The molecule has 3 aromatic rings. The predicted octanol–water partition coefficient (Wildman–Crippen LogP) is 1.84. The van der Waals surface area contributed by atoms with Gasteiger partial charge in [-0.1, -0.05) is 12.1 Å². The van der Waals surface area contributed by atoms with Gasteiger partial charge in [0.1, 0.15) is 11.4 Å². The maximum Gasteiger partial charge on any atom is 0.342 e. The van der Waals surface area contributed by atoms with Gasteiger partial charge in [-0.3, -0.25) is 14.5 Å². The molecule has 34 heavy (non-hydrogen) atoms. The van der Waals surface area contributed by atoms with E-state index in [9.17, 15) is 18.0 Å². The SMILES string of the molecule is Cc1c(C(=O)OCC(=O)Nc2cccc(S(=O)(=O)NC3=NCCC3)c2)cnn1-c1ccccn1. The second kappa shape index (κ2) is 9.83. The molecule has 0 fully saturated rings. The molecule has 0 radical (unpaired) electrons. The van der Waals surface area contributed by atoms with E-state index >= 15 is 0 Å². The number of nitrogens with zero attached hydrogens (tertiary/aromatic N) is 4. The molecule has 0 aliphatic carbocycles. The lowest BCUT2D eigenvalue weighted by atomic mass is 10.2. The van der Waals surface area contributed by atoms with Gasteiger partial charge in [-0.25, -0.2) is 22.9 Å². The quantitative estimate of drug-likeness (QED) is 0.489. The van der Waals surface area contributed by atoms with Gasteiger partial charge in [0.15, 0.2) is 12.4 Å². The largest absolute Gasteiger partial charge is 0.452 e. The summed E-state index contributed by atoms with van der Waals surface area (Å²) < 4.78 is 34.2. The van der Waals surface area contributed by atoms with Gasteiger partial charge in [0, 0.05) is 24.8 Å². The number of nitrogens with one attached hydrogen (secondary N) is 2. The second-order valence-electron chi connectivity index (χ2n) is 7.43. The van der Waals surface area contributed by atoms with E-state index in [4.69, 9.17) is 4.74 Å². The fourth-order valence-electron chi connectivity index (χ4n) is 3.30. The highest BCUT2D eigenvalue weighted by molar-refractivity contribution is 7.90. The Balaban J connectivity index is 1.36. The number of amidine groups is 1. The van der Waals surface area contributed by atoms with Gasteiger partial charge >= 0.3 is 5.97 Å². The molecule has 0 atom stereocenters. The number of ether oxygens (including phenoxy) is 1. The smallest absolute Gasteiger partial charge is 0.342 e. The summed E-state index contributed by atoms with van der Waals surface area (Å²) in [5.41, 5.74) is 0.963. The zero-order valence-electron chi connectivity index (χ0n) is 18.3. The number of benzene rings is 1. The minimum absolute atomic E-state index is 0.0190. The Hall–Kier alpha value is -4.06. The summed E-state index contributed by atoms with van der Waals surface area (Å²) in [7, 11) is -3.82. The molecule has 1 amide bonds. The maximum absolute atomic E-state index is 12.5. The molecule has 1 aromatic carbocycles. The summed E-state index contributed by atoms with van der Waals surface area (Å²) in [5, 5.41) is 6.68. The first kappa shape index (κ1) is 23.1. The number of anilines is 1. The minimum atomic E-state index is -3.82. The lowest BCUT2D eigenvalue weighted by Gasteiger charge is -2.10. The van der Waals surface area contributed by atoms with Crippen molar-refractivity contribution in [3.05, 3.63) is 66.1 Å². The number of carbonyl (C=O) groups excluding carboxylic acids is 2. The summed E-state index contributed by atoms with van der Waals surface area (Å²) in [6, 6.07) is 11.1. The summed E-state index contributed by atoms with van der Waals surface area (Å²) >= 11 is 0. The first-order valence-electron chi connectivity index (χ1n) is 10.4. The van der Waals surface area contributed by atoms with Crippen LogP contribution in [0, 0.1) is 6.92 Å². The summed E-state index contributed by atoms with van der Waals surface area (Å²) in [5.74, 6) is -0.373. The molecule has 3 heterocycles.